The van der Waals surface area contributed by atoms with Crippen LogP contribution in [0.3, 0.4) is 0 Å². The molecule has 5 aliphatic heterocycles. The molecule has 5 aliphatic rings. The maximum absolute atomic E-state index is 14.6. The molecule has 0 aromatic carbocycles. The third-order valence-electron chi connectivity index (χ3n) is 10.3. The van der Waals surface area contributed by atoms with E-state index in [4.69, 9.17) is 14.5 Å². The van der Waals surface area contributed by atoms with Crippen LogP contribution in [0.2, 0.25) is 0 Å². The molecule has 0 bridgehead atoms. The van der Waals surface area contributed by atoms with E-state index in [0.717, 1.165) is 56.8 Å². The first-order chi connectivity index (χ1) is 21.3. The van der Waals surface area contributed by atoms with Gasteiger partial charge in [0.15, 0.2) is 5.60 Å². The minimum absolute atomic E-state index is 0.0244. The van der Waals surface area contributed by atoms with Gasteiger partial charge in [0, 0.05) is 87.5 Å². The zero-order valence-electron chi connectivity index (χ0n) is 25.7. The number of carbonyl (C=O) groups excluding carboxylic acids is 1. The number of rotatable bonds is 7. The van der Waals surface area contributed by atoms with Gasteiger partial charge in [-0.2, -0.15) is 0 Å². The van der Waals surface area contributed by atoms with E-state index >= 15 is 0 Å². The van der Waals surface area contributed by atoms with Gasteiger partial charge in [0.25, 0.3) is 6.43 Å². The van der Waals surface area contributed by atoms with Crippen LogP contribution in [0.15, 0.2) is 31.0 Å². The second-order valence-electron chi connectivity index (χ2n) is 13.0. The topological polar surface area (TPSA) is 74.3 Å². The van der Waals surface area contributed by atoms with Crippen molar-refractivity contribution >= 4 is 17.4 Å². The highest BCUT2D eigenvalue weighted by Gasteiger charge is 2.59. The molecule has 0 aliphatic carbocycles. The third kappa shape index (κ3) is 4.79. The minimum Gasteiger partial charge on any atom is -0.374 e. The molecule has 2 aromatic heterocycles. The standard InChI is InChI=1S/C33H42F2N6O3/c1-4-6-24-25(41-18-23(19-41)38-13-15-40(16-14-38)27(42)5-2)17-26(37-29(24)31(34)35)39-11-8-32(9-12-39)28-22(3)7-10-36-30(28)33(44-32)20-43-21-33/h5,7,10,17,23,31H,2,4,6,8-9,11-16,18-21H2,1,3H3. The van der Waals surface area contributed by atoms with E-state index in [-0.39, 0.29) is 11.6 Å². The van der Waals surface area contributed by atoms with Crippen LogP contribution >= 0.6 is 0 Å². The summed E-state index contributed by atoms with van der Waals surface area (Å²) >= 11 is 0. The number of pyridine rings is 2. The highest BCUT2D eigenvalue weighted by Crippen LogP contribution is 2.55. The lowest BCUT2D eigenvalue weighted by atomic mass is 9.81. The molecule has 0 N–H and O–H groups in total. The maximum Gasteiger partial charge on any atom is 0.280 e. The van der Waals surface area contributed by atoms with Gasteiger partial charge in [-0.05, 0) is 43.9 Å². The molecule has 9 nitrogen and oxygen atoms in total. The molecule has 7 heterocycles. The number of anilines is 2. The number of ether oxygens (including phenoxy) is 2. The van der Waals surface area contributed by atoms with Crippen molar-refractivity contribution in [1.29, 1.82) is 0 Å². The summed E-state index contributed by atoms with van der Waals surface area (Å²) < 4.78 is 41.5. The SMILES string of the molecule is C=CC(=O)N1CCN(C2CN(c3cc(N4CCC5(CC4)OC4(COC4)c4nccc(C)c45)nc(C(F)F)c3CCC)C2)CC1. The Kier molecular flexibility index (Phi) is 7.61. The predicted octanol–water partition coefficient (Wildman–Crippen LogP) is 3.95. The summed E-state index contributed by atoms with van der Waals surface area (Å²) in [5.41, 5.74) is 3.91. The molecule has 2 aromatic rings. The van der Waals surface area contributed by atoms with Crippen LogP contribution < -0.4 is 9.80 Å². The van der Waals surface area contributed by atoms with Gasteiger partial charge in [0.2, 0.25) is 5.91 Å². The van der Waals surface area contributed by atoms with Gasteiger partial charge in [-0.1, -0.05) is 19.9 Å². The number of fused-ring (bicyclic) bond motifs is 3. The van der Waals surface area contributed by atoms with Gasteiger partial charge in [-0.15, -0.1) is 0 Å². The largest absolute Gasteiger partial charge is 0.374 e. The lowest BCUT2D eigenvalue weighted by Crippen LogP contribution is -2.63. The summed E-state index contributed by atoms with van der Waals surface area (Å²) in [6, 6.07) is 4.43. The van der Waals surface area contributed by atoms with E-state index in [9.17, 15) is 13.6 Å². The number of piperidine rings is 1. The zero-order chi connectivity index (χ0) is 30.6. The number of aromatic nitrogens is 2. The number of hydrogen-bond acceptors (Lipinski definition) is 8. The fraction of sp³-hybridized carbons (Fsp3) is 0.606. The molecule has 2 spiro atoms. The summed E-state index contributed by atoms with van der Waals surface area (Å²) in [5, 5.41) is 0. The number of nitrogens with zero attached hydrogens (tertiary/aromatic N) is 6. The first kappa shape index (κ1) is 29.6. The van der Waals surface area contributed by atoms with E-state index < -0.39 is 17.6 Å². The minimum atomic E-state index is -2.64. The van der Waals surface area contributed by atoms with E-state index in [0.29, 0.717) is 63.2 Å². The van der Waals surface area contributed by atoms with Gasteiger partial charge in [-0.3, -0.25) is 14.7 Å². The lowest BCUT2D eigenvalue weighted by molar-refractivity contribution is -0.260. The van der Waals surface area contributed by atoms with Gasteiger partial charge in [-0.25, -0.2) is 13.8 Å². The van der Waals surface area contributed by atoms with Crippen molar-refractivity contribution in [3.8, 4) is 0 Å². The number of alkyl halides is 2. The number of hydrogen-bond donors (Lipinski definition) is 0. The molecule has 1 amide bonds. The molecule has 236 valence electrons. The van der Waals surface area contributed by atoms with Crippen LogP contribution in [0.5, 0.6) is 0 Å². The molecule has 4 saturated heterocycles. The summed E-state index contributed by atoms with van der Waals surface area (Å²) in [5.74, 6) is 0.594. The summed E-state index contributed by atoms with van der Waals surface area (Å²) in [7, 11) is 0. The maximum atomic E-state index is 14.6. The average Bonchev–Trinajstić information content (AvgIpc) is 3.29. The van der Waals surface area contributed by atoms with Crippen LogP contribution in [0.1, 0.15) is 60.7 Å². The van der Waals surface area contributed by atoms with Gasteiger partial charge in [0.05, 0.1) is 18.9 Å². The normalized spacial score (nSPS) is 22.8. The average molecular weight is 609 g/mol. The number of aryl methyl sites for hydroxylation is 1. The van der Waals surface area contributed by atoms with Gasteiger partial charge >= 0.3 is 0 Å². The van der Waals surface area contributed by atoms with Crippen molar-refractivity contribution < 1.29 is 23.0 Å². The molecule has 0 saturated carbocycles. The molecule has 0 radical (unpaired) electrons. The Morgan fingerprint density at radius 3 is 2.45 bits per heavy atom. The van der Waals surface area contributed by atoms with Crippen molar-refractivity contribution in [2.75, 3.05) is 75.4 Å². The van der Waals surface area contributed by atoms with Gasteiger partial charge < -0.3 is 24.2 Å². The van der Waals surface area contributed by atoms with Gasteiger partial charge in [0.1, 0.15) is 17.1 Å². The Morgan fingerprint density at radius 1 is 1.11 bits per heavy atom. The molecule has 44 heavy (non-hydrogen) atoms. The Labute approximate surface area is 257 Å². The van der Waals surface area contributed by atoms with E-state index in [1.807, 2.05) is 30.2 Å². The number of amides is 1. The highest BCUT2D eigenvalue weighted by atomic mass is 19.3. The molecule has 0 atom stereocenters. The van der Waals surface area contributed by atoms with E-state index in [1.165, 1.54) is 17.2 Å². The fourth-order valence-electron chi connectivity index (χ4n) is 7.90. The van der Waals surface area contributed by atoms with Crippen molar-refractivity contribution in [3.05, 3.63) is 59.1 Å². The molecule has 7 rings (SSSR count). The lowest BCUT2D eigenvalue weighted by Gasteiger charge is -2.50. The third-order valence-corrected chi connectivity index (χ3v) is 10.3. The summed E-state index contributed by atoms with van der Waals surface area (Å²) in [6.45, 7) is 14.6. The highest BCUT2D eigenvalue weighted by molar-refractivity contribution is 5.87. The first-order valence-corrected chi connectivity index (χ1v) is 16.0. The number of carbonyl (C=O) groups is 1. The van der Waals surface area contributed by atoms with Crippen LogP contribution in [0.25, 0.3) is 0 Å². The van der Waals surface area contributed by atoms with Crippen molar-refractivity contribution in [2.24, 2.45) is 0 Å². The Balaban J connectivity index is 1.10. The zero-order valence-corrected chi connectivity index (χ0v) is 25.7. The fourth-order valence-corrected chi connectivity index (χ4v) is 7.90. The van der Waals surface area contributed by atoms with Crippen molar-refractivity contribution in [2.45, 2.75) is 63.2 Å². The summed E-state index contributed by atoms with van der Waals surface area (Å²) in [6.07, 6.45) is 3.39. The second kappa shape index (κ2) is 11.3. The summed E-state index contributed by atoms with van der Waals surface area (Å²) in [4.78, 5) is 30.0. The van der Waals surface area contributed by atoms with E-state index in [1.54, 1.807) is 0 Å². The Bertz CT molecular complexity index is 1430. The quantitative estimate of drug-likeness (QED) is 0.438. The molecule has 4 fully saturated rings. The van der Waals surface area contributed by atoms with Crippen molar-refractivity contribution in [1.82, 2.24) is 19.8 Å². The van der Waals surface area contributed by atoms with Crippen LogP contribution in [-0.4, -0.2) is 97.3 Å². The number of piperazine rings is 1. The molecule has 11 heteroatoms. The molecular formula is C33H42F2N6O3. The van der Waals surface area contributed by atoms with Crippen LogP contribution in [0.4, 0.5) is 20.3 Å². The number of halogens is 2. The smallest absolute Gasteiger partial charge is 0.280 e. The molecule has 0 unspecified atom stereocenters. The molecular weight excluding hydrogens is 566 g/mol. The van der Waals surface area contributed by atoms with E-state index in [2.05, 4.69) is 33.2 Å². The second-order valence-corrected chi connectivity index (χ2v) is 13.0. The monoisotopic (exact) mass is 608 g/mol. The van der Waals surface area contributed by atoms with Crippen molar-refractivity contribution in [3.63, 3.8) is 0 Å². The van der Waals surface area contributed by atoms with Crippen LogP contribution in [0, 0.1) is 6.92 Å². The predicted molar refractivity (Wildman–Crippen MR) is 163 cm³/mol. The Morgan fingerprint density at radius 2 is 1.84 bits per heavy atom. The Hall–Kier alpha value is -3.15. The first-order valence-electron chi connectivity index (χ1n) is 16.0. The van der Waals surface area contributed by atoms with Crippen LogP contribution in [-0.2, 0) is 31.9 Å².